The summed E-state index contributed by atoms with van der Waals surface area (Å²) in [6.45, 7) is 11.6. The Morgan fingerprint density at radius 1 is 0.524 bits per heavy atom. The molecule has 0 aliphatic heterocycles. The fourth-order valence-electron chi connectivity index (χ4n) is 0. The molecule has 114 valence electrons. The molecule has 0 saturated carbocycles. The van der Waals surface area contributed by atoms with Gasteiger partial charge in [-0.1, -0.05) is 26.3 Å². The minimum atomic E-state index is -1.23. The Hall–Kier alpha value is -2.47. The van der Waals surface area contributed by atoms with Crippen molar-refractivity contribution < 1.29 is 60.7 Å². The average molecular weight is 468 g/mol. The van der Waals surface area contributed by atoms with Crippen molar-refractivity contribution in [1.82, 2.24) is 0 Å². The molecule has 0 N–H and O–H groups in total. The first kappa shape index (κ1) is 31.1. The van der Waals surface area contributed by atoms with Gasteiger partial charge in [0.1, 0.15) is 0 Å². The molecule has 0 atom stereocenters. The number of rotatable bonds is 4. The second-order valence-electron chi connectivity index (χ2n) is 2.09. The van der Waals surface area contributed by atoms with E-state index in [0.29, 0.717) is 0 Å². The number of hydrogen-bond donors (Lipinski definition) is 0. The van der Waals surface area contributed by atoms with Crippen molar-refractivity contribution in [2.75, 3.05) is 0 Å². The number of carbonyl (C=O) groups excluding carboxylic acids is 4. The number of carboxylic acids is 4. The molecular weight excluding hydrogens is 456 g/mol. The minimum Gasteiger partial charge on any atom is -0.545 e. The van der Waals surface area contributed by atoms with E-state index in [-0.39, 0.29) is 21.1 Å². The first-order valence-corrected chi connectivity index (χ1v) is 4.42. The molecule has 0 aliphatic carbocycles. The molecule has 0 aliphatic rings. The van der Waals surface area contributed by atoms with Crippen LogP contribution in [-0.4, -0.2) is 23.9 Å². The van der Waals surface area contributed by atoms with E-state index in [1.54, 1.807) is 0 Å². The van der Waals surface area contributed by atoms with E-state index in [9.17, 15) is 0 Å². The van der Waals surface area contributed by atoms with Gasteiger partial charge in [0.05, 0.1) is 23.9 Å². The van der Waals surface area contributed by atoms with Crippen LogP contribution in [0.5, 0.6) is 0 Å². The van der Waals surface area contributed by atoms with Gasteiger partial charge in [0, 0.05) is 0 Å². The molecule has 0 fully saturated rings. The van der Waals surface area contributed by atoms with Crippen molar-refractivity contribution in [2.24, 2.45) is 0 Å². The first-order valence-electron chi connectivity index (χ1n) is 4.42. The topological polar surface area (TPSA) is 161 Å². The summed E-state index contributed by atoms with van der Waals surface area (Å²) < 4.78 is 0. The van der Waals surface area contributed by atoms with Crippen LogP contribution in [0, 0.1) is 0 Å². The Morgan fingerprint density at radius 2 is 0.571 bits per heavy atom. The van der Waals surface area contributed by atoms with Crippen molar-refractivity contribution in [3.8, 4) is 0 Å². The summed E-state index contributed by atoms with van der Waals surface area (Å²) in [6, 6.07) is 0. The van der Waals surface area contributed by atoms with Crippen molar-refractivity contribution in [1.29, 1.82) is 0 Å². The summed E-state index contributed by atoms with van der Waals surface area (Å²) in [7, 11) is 0. The number of carbonyl (C=O) groups is 4. The Bertz CT molecular complexity index is 301. The second-order valence-corrected chi connectivity index (χ2v) is 2.09. The van der Waals surface area contributed by atoms with E-state index in [2.05, 4.69) is 26.3 Å². The van der Waals surface area contributed by atoms with E-state index in [1.807, 2.05) is 0 Å². The Labute approximate surface area is 135 Å². The summed E-state index contributed by atoms with van der Waals surface area (Å²) in [4.78, 5) is 36.6. The summed E-state index contributed by atoms with van der Waals surface area (Å²) in [5.74, 6) is -4.93. The summed E-state index contributed by atoms with van der Waals surface area (Å²) in [5.41, 5.74) is 0. The van der Waals surface area contributed by atoms with Crippen molar-refractivity contribution in [2.45, 2.75) is 0 Å². The molecule has 0 unspecified atom stereocenters. The zero-order valence-corrected chi connectivity index (χ0v) is 13.7. The van der Waals surface area contributed by atoms with Gasteiger partial charge in [0.15, 0.2) is 0 Å². The van der Waals surface area contributed by atoms with Crippen LogP contribution in [0.25, 0.3) is 0 Å². The van der Waals surface area contributed by atoms with E-state index >= 15 is 0 Å². The van der Waals surface area contributed by atoms with E-state index in [4.69, 9.17) is 39.6 Å². The predicted octanol–water partition coefficient (Wildman–Crippen LogP) is -4.31. The van der Waals surface area contributed by atoms with Gasteiger partial charge in [-0.15, -0.1) is 0 Å². The van der Waals surface area contributed by atoms with Gasteiger partial charge < -0.3 is 39.6 Å². The second kappa shape index (κ2) is 26.2. The zero-order chi connectivity index (χ0) is 17.1. The third-order valence-electron chi connectivity index (χ3n) is 0.667. The van der Waals surface area contributed by atoms with Gasteiger partial charge in [-0.3, -0.25) is 0 Å². The Balaban J connectivity index is -0.0000000533. The van der Waals surface area contributed by atoms with Crippen LogP contribution in [0.1, 0.15) is 0 Å². The van der Waals surface area contributed by atoms with Gasteiger partial charge in [0.2, 0.25) is 0 Å². The standard InChI is InChI=1S/4C3H4O2.W/c4*1-2-3(4)5;/h4*2H,1H2,(H,4,5);/q;;;;+4/p-4. The zero-order valence-electron chi connectivity index (χ0n) is 10.8. The van der Waals surface area contributed by atoms with Crippen LogP contribution >= 0.6 is 0 Å². The molecule has 0 saturated heterocycles. The van der Waals surface area contributed by atoms with Crippen LogP contribution in [-0.2, 0) is 40.2 Å². The van der Waals surface area contributed by atoms with Gasteiger partial charge in [-0.2, -0.15) is 0 Å². The van der Waals surface area contributed by atoms with Crippen molar-refractivity contribution >= 4 is 23.9 Å². The molecule has 0 bridgehead atoms. The maximum absolute atomic E-state index is 9.14. The average Bonchev–Trinajstić information content (AvgIpc) is 2.40. The largest absolute Gasteiger partial charge is 4.00 e. The normalized spacial score (nSPS) is 6.10. The molecule has 0 aromatic heterocycles. The van der Waals surface area contributed by atoms with Gasteiger partial charge in [0.25, 0.3) is 0 Å². The number of hydrogen-bond acceptors (Lipinski definition) is 8. The molecule has 0 rings (SSSR count). The Kier molecular flexibility index (Phi) is 38.8. The van der Waals surface area contributed by atoms with Gasteiger partial charge >= 0.3 is 21.1 Å². The fraction of sp³-hybridized carbons (Fsp3) is 0. The van der Waals surface area contributed by atoms with Crippen LogP contribution in [0.2, 0.25) is 0 Å². The van der Waals surface area contributed by atoms with Gasteiger partial charge in [-0.25, -0.2) is 0 Å². The van der Waals surface area contributed by atoms with E-state index < -0.39 is 23.9 Å². The smallest absolute Gasteiger partial charge is 0.545 e. The molecule has 0 radical (unpaired) electrons. The molecule has 9 heteroatoms. The molecule has 8 nitrogen and oxygen atoms in total. The van der Waals surface area contributed by atoms with Crippen LogP contribution in [0.3, 0.4) is 0 Å². The summed E-state index contributed by atoms with van der Waals surface area (Å²) in [6.07, 6.45) is 2.89. The molecule has 0 aromatic rings. The molecule has 0 spiro atoms. The third-order valence-corrected chi connectivity index (χ3v) is 0.667. The summed E-state index contributed by atoms with van der Waals surface area (Å²) >= 11 is 0. The van der Waals surface area contributed by atoms with Crippen LogP contribution < -0.4 is 20.4 Å². The van der Waals surface area contributed by atoms with Crippen molar-refractivity contribution in [3.63, 3.8) is 0 Å². The maximum Gasteiger partial charge on any atom is 4.00 e. The third kappa shape index (κ3) is 138. The summed E-state index contributed by atoms with van der Waals surface area (Å²) in [5, 5.41) is 36.6. The number of carboxylic acid groups (broad SMARTS) is 4. The Morgan fingerprint density at radius 3 is 0.571 bits per heavy atom. The molecule has 0 aromatic carbocycles. The fourth-order valence-corrected chi connectivity index (χ4v) is 0. The van der Waals surface area contributed by atoms with Gasteiger partial charge in [-0.05, 0) is 24.3 Å². The monoisotopic (exact) mass is 468 g/mol. The predicted molar refractivity (Wildman–Crippen MR) is 60.8 cm³/mol. The minimum absolute atomic E-state index is 0. The molecular formula is C12H12O8W. The van der Waals surface area contributed by atoms with Crippen LogP contribution in [0.4, 0.5) is 0 Å². The van der Waals surface area contributed by atoms with Crippen molar-refractivity contribution in [3.05, 3.63) is 50.6 Å². The molecule has 0 heterocycles. The molecule has 0 amide bonds. The molecule has 21 heavy (non-hydrogen) atoms. The quantitative estimate of drug-likeness (QED) is 0.375. The SMILES string of the molecule is C=CC(=O)[O-].C=CC(=O)[O-].C=CC(=O)[O-].C=CC(=O)[O-].[W+4]. The number of aliphatic carboxylic acids is 4. The maximum atomic E-state index is 9.14. The van der Waals surface area contributed by atoms with Crippen LogP contribution in [0.15, 0.2) is 50.6 Å². The first-order chi connectivity index (χ1) is 9.08. The van der Waals surface area contributed by atoms with E-state index in [0.717, 1.165) is 24.3 Å². The van der Waals surface area contributed by atoms with E-state index in [1.165, 1.54) is 0 Å².